The van der Waals surface area contributed by atoms with Gasteiger partial charge in [0.15, 0.2) is 18.3 Å². The standard InChI is InChI=1S/C27H26O8/c1-14(29)33-12-21-20-7-6-18-19(5-3-15-9-17(30)11-24(25(15)18)34-13-28)27(20)35-26(21)16-4-8-22(31)23(10-16)32-2/h4,6-11,21,26,28,30-31H,3,5,12-13H2,1-2H3/t21-,26-/m1/s1. The second-order valence-corrected chi connectivity index (χ2v) is 8.64. The normalized spacial score (nSPS) is 17.6. The number of esters is 1. The van der Waals surface area contributed by atoms with Crippen LogP contribution >= 0.6 is 0 Å². The van der Waals surface area contributed by atoms with Gasteiger partial charge in [-0.2, -0.15) is 0 Å². The van der Waals surface area contributed by atoms with Crippen LogP contribution in [0.5, 0.6) is 28.7 Å². The lowest BCUT2D eigenvalue weighted by Gasteiger charge is -2.24. The van der Waals surface area contributed by atoms with E-state index in [0.717, 1.165) is 39.1 Å². The number of benzene rings is 3. The van der Waals surface area contributed by atoms with Crippen LogP contribution in [0.2, 0.25) is 0 Å². The predicted octanol–water partition coefficient (Wildman–Crippen LogP) is 3.98. The average molecular weight is 478 g/mol. The Morgan fingerprint density at radius 3 is 2.66 bits per heavy atom. The summed E-state index contributed by atoms with van der Waals surface area (Å²) in [5.41, 5.74) is 5.35. The number of phenolic OH excluding ortho intramolecular Hbond substituents is 2. The number of rotatable bonds is 6. The van der Waals surface area contributed by atoms with E-state index in [4.69, 9.17) is 18.9 Å². The summed E-state index contributed by atoms with van der Waals surface area (Å²) in [6.07, 6.45) is 0.879. The van der Waals surface area contributed by atoms with E-state index in [-0.39, 0.29) is 30.0 Å². The number of aromatic hydroxyl groups is 2. The van der Waals surface area contributed by atoms with Crippen molar-refractivity contribution < 1.29 is 39.1 Å². The molecule has 3 N–H and O–H groups in total. The van der Waals surface area contributed by atoms with Gasteiger partial charge in [-0.05, 0) is 47.7 Å². The molecule has 8 nitrogen and oxygen atoms in total. The monoisotopic (exact) mass is 478 g/mol. The first-order valence-corrected chi connectivity index (χ1v) is 11.3. The van der Waals surface area contributed by atoms with Gasteiger partial charge in [0.25, 0.3) is 0 Å². The number of aliphatic hydroxyl groups is 1. The maximum atomic E-state index is 11.6. The van der Waals surface area contributed by atoms with Gasteiger partial charge in [0, 0.05) is 29.7 Å². The van der Waals surface area contributed by atoms with E-state index in [1.54, 1.807) is 24.3 Å². The average Bonchev–Trinajstić information content (AvgIpc) is 3.21. The molecule has 3 aromatic carbocycles. The Morgan fingerprint density at radius 1 is 1.09 bits per heavy atom. The Balaban J connectivity index is 1.62. The third kappa shape index (κ3) is 4.00. The Morgan fingerprint density at radius 2 is 1.91 bits per heavy atom. The second-order valence-electron chi connectivity index (χ2n) is 8.64. The highest BCUT2D eigenvalue weighted by Crippen LogP contribution is 2.53. The molecule has 1 aliphatic carbocycles. The van der Waals surface area contributed by atoms with E-state index in [1.807, 2.05) is 12.1 Å². The molecule has 2 atom stereocenters. The highest BCUT2D eigenvalue weighted by atomic mass is 16.6. The third-order valence-corrected chi connectivity index (χ3v) is 6.60. The van der Waals surface area contributed by atoms with Crippen LogP contribution in [0.3, 0.4) is 0 Å². The Kier molecular flexibility index (Phi) is 5.90. The molecule has 0 bridgehead atoms. The number of hydrogen-bond acceptors (Lipinski definition) is 8. The van der Waals surface area contributed by atoms with Crippen LogP contribution in [0, 0.1) is 0 Å². The van der Waals surface area contributed by atoms with Crippen LogP contribution in [0.4, 0.5) is 0 Å². The lowest BCUT2D eigenvalue weighted by Crippen LogP contribution is -2.17. The summed E-state index contributed by atoms with van der Waals surface area (Å²) < 4.78 is 22.7. The second kappa shape index (κ2) is 9.03. The van der Waals surface area contributed by atoms with Gasteiger partial charge in [0.1, 0.15) is 30.0 Å². The molecule has 35 heavy (non-hydrogen) atoms. The van der Waals surface area contributed by atoms with Crippen molar-refractivity contribution in [2.75, 3.05) is 20.5 Å². The fourth-order valence-corrected chi connectivity index (χ4v) is 5.09. The van der Waals surface area contributed by atoms with E-state index in [0.29, 0.717) is 24.3 Å². The first kappa shape index (κ1) is 22.9. The van der Waals surface area contributed by atoms with Crippen molar-refractivity contribution in [3.63, 3.8) is 0 Å². The van der Waals surface area contributed by atoms with Crippen molar-refractivity contribution in [3.05, 3.63) is 64.7 Å². The zero-order valence-corrected chi connectivity index (χ0v) is 19.4. The highest BCUT2D eigenvalue weighted by molar-refractivity contribution is 5.82. The molecule has 0 saturated carbocycles. The first-order valence-electron chi connectivity index (χ1n) is 11.3. The van der Waals surface area contributed by atoms with Crippen molar-refractivity contribution in [3.8, 4) is 39.9 Å². The van der Waals surface area contributed by atoms with Crippen molar-refractivity contribution in [1.29, 1.82) is 0 Å². The van der Waals surface area contributed by atoms with Gasteiger partial charge in [0.05, 0.1) is 13.0 Å². The number of carbonyl (C=O) groups is 1. The number of carbonyl (C=O) groups excluding carboxylic acids is 1. The van der Waals surface area contributed by atoms with Crippen molar-refractivity contribution >= 4 is 5.97 Å². The molecule has 5 rings (SSSR count). The third-order valence-electron chi connectivity index (χ3n) is 6.60. The minimum atomic E-state index is -0.512. The number of ether oxygens (including phenoxy) is 4. The van der Waals surface area contributed by atoms with Gasteiger partial charge in [-0.25, -0.2) is 0 Å². The molecule has 0 saturated heterocycles. The van der Waals surface area contributed by atoms with E-state index in [1.165, 1.54) is 20.1 Å². The summed E-state index contributed by atoms with van der Waals surface area (Å²) in [5.74, 6) is 0.923. The predicted molar refractivity (Wildman–Crippen MR) is 126 cm³/mol. The zero-order valence-electron chi connectivity index (χ0n) is 19.4. The number of aryl methyl sites for hydroxylation is 1. The molecule has 2 aliphatic rings. The molecule has 1 aliphatic heterocycles. The van der Waals surface area contributed by atoms with E-state index < -0.39 is 12.9 Å². The molecular weight excluding hydrogens is 452 g/mol. The molecule has 0 unspecified atom stereocenters. The van der Waals surface area contributed by atoms with Gasteiger partial charge in [-0.1, -0.05) is 18.2 Å². The highest BCUT2D eigenvalue weighted by Gasteiger charge is 2.40. The van der Waals surface area contributed by atoms with Crippen LogP contribution in [0.25, 0.3) is 11.1 Å². The number of fused-ring (bicyclic) bond motifs is 5. The van der Waals surface area contributed by atoms with Crippen molar-refractivity contribution in [2.24, 2.45) is 0 Å². The molecule has 0 aromatic heterocycles. The smallest absolute Gasteiger partial charge is 0.302 e. The molecule has 182 valence electrons. The molecule has 0 radical (unpaired) electrons. The number of phenols is 2. The van der Waals surface area contributed by atoms with Crippen LogP contribution in [-0.2, 0) is 22.4 Å². The summed E-state index contributed by atoms with van der Waals surface area (Å²) in [5, 5.41) is 29.5. The van der Waals surface area contributed by atoms with Gasteiger partial charge in [0.2, 0.25) is 0 Å². The molecular formula is C27H26O8. The number of methoxy groups -OCH3 is 1. The summed E-state index contributed by atoms with van der Waals surface area (Å²) in [6.45, 7) is 0.997. The topological polar surface area (TPSA) is 115 Å². The summed E-state index contributed by atoms with van der Waals surface area (Å²) in [4.78, 5) is 11.6. The van der Waals surface area contributed by atoms with Gasteiger partial charge >= 0.3 is 5.97 Å². The van der Waals surface area contributed by atoms with Crippen molar-refractivity contribution in [2.45, 2.75) is 31.8 Å². The van der Waals surface area contributed by atoms with Gasteiger partial charge < -0.3 is 34.3 Å². The SMILES string of the molecule is COc1cc([C@H]2Oc3c(ccc4c3CCc3cc(O)cc(OCO)c3-4)[C@H]2COC(C)=O)ccc1O. The Hall–Kier alpha value is -3.91. The summed E-state index contributed by atoms with van der Waals surface area (Å²) in [6, 6.07) is 12.2. The number of hydrogen-bond donors (Lipinski definition) is 3. The Labute approximate surface area is 202 Å². The molecule has 0 amide bonds. The van der Waals surface area contributed by atoms with Crippen molar-refractivity contribution in [1.82, 2.24) is 0 Å². The van der Waals surface area contributed by atoms with Crippen LogP contribution in [0.1, 0.15) is 41.2 Å². The van der Waals surface area contributed by atoms with E-state index in [2.05, 4.69) is 0 Å². The Bertz CT molecular complexity index is 1300. The van der Waals surface area contributed by atoms with Gasteiger partial charge in [-0.3, -0.25) is 4.79 Å². The molecule has 0 spiro atoms. The summed E-state index contributed by atoms with van der Waals surface area (Å²) in [7, 11) is 1.48. The molecule has 0 fully saturated rings. The molecule has 8 heteroatoms. The lowest BCUT2D eigenvalue weighted by atomic mass is 9.82. The van der Waals surface area contributed by atoms with Crippen LogP contribution in [0.15, 0.2) is 42.5 Å². The minimum absolute atomic E-state index is 0.0250. The van der Waals surface area contributed by atoms with Gasteiger partial charge in [-0.15, -0.1) is 0 Å². The fourth-order valence-electron chi connectivity index (χ4n) is 5.09. The molecule has 3 aromatic rings. The maximum Gasteiger partial charge on any atom is 0.302 e. The quantitative estimate of drug-likeness (QED) is 0.360. The fraction of sp³-hybridized carbons (Fsp3) is 0.296. The summed E-state index contributed by atoms with van der Waals surface area (Å²) >= 11 is 0. The maximum absolute atomic E-state index is 11.6. The minimum Gasteiger partial charge on any atom is -0.508 e. The van der Waals surface area contributed by atoms with E-state index >= 15 is 0 Å². The zero-order chi connectivity index (χ0) is 24.7. The number of aliphatic hydroxyl groups excluding tert-OH is 1. The largest absolute Gasteiger partial charge is 0.508 e. The lowest BCUT2D eigenvalue weighted by molar-refractivity contribution is -0.141. The van der Waals surface area contributed by atoms with Crippen LogP contribution in [-0.4, -0.2) is 41.8 Å². The van der Waals surface area contributed by atoms with Crippen LogP contribution < -0.4 is 14.2 Å². The first-order chi connectivity index (χ1) is 16.9. The molecule has 1 heterocycles. The van der Waals surface area contributed by atoms with E-state index in [9.17, 15) is 20.1 Å².